The first kappa shape index (κ1) is 21.2. The number of amides is 2. The molecule has 0 heterocycles. The van der Waals surface area contributed by atoms with E-state index in [4.69, 9.17) is 11.5 Å². The summed E-state index contributed by atoms with van der Waals surface area (Å²) in [6.45, 7) is 0. The van der Waals surface area contributed by atoms with Crippen LogP contribution in [0.1, 0.15) is 15.9 Å². The second-order valence-corrected chi connectivity index (χ2v) is 5.97. The summed E-state index contributed by atoms with van der Waals surface area (Å²) in [6, 6.07) is 11.9. The van der Waals surface area contributed by atoms with Crippen LogP contribution in [0.5, 0.6) is 0 Å². The van der Waals surface area contributed by atoms with Crippen molar-refractivity contribution in [3.63, 3.8) is 0 Å². The number of aliphatic imine (C=N–C) groups is 1. The fourth-order valence-corrected chi connectivity index (χ4v) is 2.43. The molecule has 0 saturated heterocycles. The van der Waals surface area contributed by atoms with Crippen molar-refractivity contribution in [2.45, 2.75) is 12.5 Å². The Morgan fingerprint density at radius 1 is 1.14 bits per heavy atom. The van der Waals surface area contributed by atoms with E-state index in [1.54, 1.807) is 48.5 Å². The molecule has 0 aliphatic carbocycles. The molecule has 0 aliphatic heterocycles. The van der Waals surface area contributed by atoms with Gasteiger partial charge in [0.15, 0.2) is 5.96 Å². The molecule has 2 aromatic rings. The third kappa shape index (κ3) is 6.54. The van der Waals surface area contributed by atoms with Gasteiger partial charge in [-0.05, 0) is 35.9 Å². The summed E-state index contributed by atoms with van der Waals surface area (Å²) in [5.74, 6) is -1.66. The Morgan fingerprint density at radius 3 is 2.41 bits per heavy atom. The molecule has 0 fully saturated rings. The van der Waals surface area contributed by atoms with Crippen LogP contribution >= 0.6 is 0 Å². The summed E-state index contributed by atoms with van der Waals surface area (Å²) in [4.78, 5) is 38.8. The number of carboxylic acids is 1. The Balaban J connectivity index is 2.05. The van der Waals surface area contributed by atoms with Gasteiger partial charge in [0.2, 0.25) is 0 Å². The van der Waals surface area contributed by atoms with E-state index >= 15 is 0 Å². The normalized spacial score (nSPS) is 11.1. The Morgan fingerprint density at radius 2 is 1.83 bits per heavy atom. The molecule has 152 valence electrons. The van der Waals surface area contributed by atoms with Crippen LogP contribution in [0.2, 0.25) is 0 Å². The fraction of sp³-hybridized carbons (Fsp3) is 0.158. The molecule has 0 spiro atoms. The number of ether oxygens (including phenoxy) is 1. The average Bonchev–Trinajstić information content (AvgIpc) is 2.68. The van der Waals surface area contributed by atoms with E-state index in [2.05, 4.69) is 20.4 Å². The lowest BCUT2D eigenvalue weighted by Crippen LogP contribution is -2.42. The minimum atomic E-state index is -1.19. The quantitative estimate of drug-likeness (QED) is 0.344. The van der Waals surface area contributed by atoms with Gasteiger partial charge in [0, 0.05) is 17.7 Å². The van der Waals surface area contributed by atoms with Crippen molar-refractivity contribution in [2.24, 2.45) is 16.5 Å². The van der Waals surface area contributed by atoms with E-state index < -0.39 is 18.1 Å². The molecule has 0 aliphatic rings. The Bertz CT molecular complexity index is 923. The van der Waals surface area contributed by atoms with E-state index in [0.717, 1.165) is 7.11 Å². The van der Waals surface area contributed by atoms with E-state index in [0.29, 0.717) is 22.5 Å². The number of hydrogen-bond donors (Lipinski definition) is 5. The van der Waals surface area contributed by atoms with Gasteiger partial charge in [0.05, 0.1) is 12.8 Å². The summed E-state index contributed by atoms with van der Waals surface area (Å²) in [6.07, 6.45) is -0.775. The van der Waals surface area contributed by atoms with Gasteiger partial charge in [0.1, 0.15) is 6.04 Å². The van der Waals surface area contributed by atoms with Gasteiger partial charge in [-0.3, -0.25) is 4.79 Å². The number of nitrogens with zero attached hydrogens (tertiary/aromatic N) is 1. The maximum Gasteiger partial charge on any atom is 0.407 e. The van der Waals surface area contributed by atoms with Crippen molar-refractivity contribution in [3.8, 4) is 0 Å². The summed E-state index contributed by atoms with van der Waals surface area (Å²) in [5.41, 5.74) is 12.7. The number of guanidine groups is 1. The van der Waals surface area contributed by atoms with Gasteiger partial charge in [-0.25, -0.2) is 14.6 Å². The first-order chi connectivity index (χ1) is 13.8. The highest BCUT2D eigenvalue weighted by molar-refractivity contribution is 6.04. The molecule has 1 atom stereocenters. The van der Waals surface area contributed by atoms with Crippen molar-refractivity contribution in [2.75, 3.05) is 12.4 Å². The molecule has 10 nitrogen and oxygen atoms in total. The van der Waals surface area contributed by atoms with Crippen molar-refractivity contribution >= 4 is 35.3 Å². The molecule has 2 aromatic carbocycles. The van der Waals surface area contributed by atoms with Crippen molar-refractivity contribution < 1.29 is 24.2 Å². The maximum absolute atomic E-state index is 12.4. The van der Waals surface area contributed by atoms with Crippen LogP contribution in [0.3, 0.4) is 0 Å². The summed E-state index contributed by atoms with van der Waals surface area (Å²) < 4.78 is 4.42. The third-order valence-electron chi connectivity index (χ3n) is 3.79. The minimum Gasteiger partial charge on any atom is -0.480 e. The smallest absolute Gasteiger partial charge is 0.407 e. The molecule has 1 unspecified atom stereocenters. The zero-order chi connectivity index (χ0) is 21.4. The standard InChI is InChI=1S/C19H21N5O5/c1-29-19(28)24-15(17(26)27)9-11-5-7-13(8-6-11)22-16(25)12-3-2-4-14(10-12)23-18(20)21/h2-8,10,15H,9H2,1H3,(H,22,25)(H,24,28)(H,26,27)(H4,20,21,23). The lowest BCUT2D eigenvalue weighted by atomic mass is 10.1. The number of benzene rings is 2. The molecule has 0 aromatic heterocycles. The second-order valence-electron chi connectivity index (χ2n) is 5.97. The van der Waals surface area contributed by atoms with Crippen LogP contribution < -0.4 is 22.1 Å². The number of methoxy groups -OCH3 is 1. The van der Waals surface area contributed by atoms with Crippen LogP contribution in [0.15, 0.2) is 53.5 Å². The lowest BCUT2D eigenvalue weighted by molar-refractivity contribution is -0.139. The number of carbonyl (C=O) groups is 3. The summed E-state index contributed by atoms with van der Waals surface area (Å²) >= 11 is 0. The van der Waals surface area contributed by atoms with Gasteiger partial charge in [0.25, 0.3) is 5.91 Å². The van der Waals surface area contributed by atoms with E-state index in [-0.39, 0.29) is 18.3 Å². The van der Waals surface area contributed by atoms with Gasteiger partial charge >= 0.3 is 12.1 Å². The number of carboxylic acid groups (broad SMARTS) is 1. The largest absolute Gasteiger partial charge is 0.480 e. The molecule has 0 bridgehead atoms. The Kier molecular flexibility index (Phi) is 7.13. The van der Waals surface area contributed by atoms with Gasteiger partial charge in [-0.2, -0.15) is 0 Å². The van der Waals surface area contributed by atoms with Gasteiger partial charge in [-0.1, -0.05) is 18.2 Å². The number of nitrogens with one attached hydrogen (secondary N) is 2. The van der Waals surface area contributed by atoms with Crippen LogP contribution in [-0.4, -0.2) is 42.2 Å². The van der Waals surface area contributed by atoms with Crippen LogP contribution in [0, 0.1) is 0 Å². The fourth-order valence-electron chi connectivity index (χ4n) is 2.43. The van der Waals surface area contributed by atoms with Crippen LogP contribution in [0.25, 0.3) is 0 Å². The van der Waals surface area contributed by atoms with Crippen molar-refractivity contribution in [1.29, 1.82) is 0 Å². The summed E-state index contributed by atoms with van der Waals surface area (Å²) in [7, 11) is 1.15. The molecule has 10 heteroatoms. The summed E-state index contributed by atoms with van der Waals surface area (Å²) in [5, 5.41) is 14.2. The van der Waals surface area contributed by atoms with Crippen LogP contribution in [0.4, 0.5) is 16.2 Å². The molecular formula is C19H21N5O5. The van der Waals surface area contributed by atoms with Crippen LogP contribution in [-0.2, 0) is 16.0 Å². The Hall–Kier alpha value is -4.08. The number of hydrogen-bond acceptors (Lipinski definition) is 5. The molecule has 7 N–H and O–H groups in total. The highest BCUT2D eigenvalue weighted by Gasteiger charge is 2.20. The molecule has 29 heavy (non-hydrogen) atoms. The SMILES string of the molecule is COC(=O)NC(Cc1ccc(NC(=O)c2cccc(N=C(N)N)c2)cc1)C(=O)O. The average molecular weight is 399 g/mol. The van der Waals surface area contributed by atoms with Crippen molar-refractivity contribution in [1.82, 2.24) is 5.32 Å². The van der Waals surface area contributed by atoms with E-state index in [9.17, 15) is 19.5 Å². The number of carbonyl (C=O) groups excluding carboxylic acids is 2. The van der Waals surface area contributed by atoms with Crippen molar-refractivity contribution in [3.05, 3.63) is 59.7 Å². The number of alkyl carbamates (subject to hydrolysis) is 1. The first-order valence-electron chi connectivity index (χ1n) is 8.45. The zero-order valence-electron chi connectivity index (χ0n) is 15.6. The molecule has 2 amide bonds. The second kappa shape index (κ2) is 9.74. The third-order valence-corrected chi connectivity index (χ3v) is 3.79. The highest BCUT2D eigenvalue weighted by Crippen LogP contribution is 2.17. The zero-order valence-corrected chi connectivity index (χ0v) is 15.6. The molecule has 0 saturated carbocycles. The molecule has 0 radical (unpaired) electrons. The predicted octanol–water partition coefficient (Wildman–Crippen LogP) is 1.20. The molecule has 2 rings (SSSR count). The Labute approximate surface area is 166 Å². The lowest BCUT2D eigenvalue weighted by Gasteiger charge is -2.14. The van der Waals surface area contributed by atoms with Gasteiger partial charge in [-0.15, -0.1) is 0 Å². The van der Waals surface area contributed by atoms with E-state index in [1.807, 2.05) is 0 Å². The topological polar surface area (TPSA) is 169 Å². The number of anilines is 1. The predicted molar refractivity (Wildman–Crippen MR) is 107 cm³/mol. The number of rotatable bonds is 7. The van der Waals surface area contributed by atoms with E-state index in [1.165, 1.54) is 0 Å². The highest BCUT2D eigenvalue weighted by atomic mass is 16.5. The first-order valence-corrected chi connectivity index (χ1v) is 8.45. The monoisotopic (exact) mass is 399 g/mol. The minimum absolute atomic E-state index is 0.0548. The number of aliphatic carboxylic acids is 1. The number of nitrogens with two attached hydrogens (primary N) is 2. The molecular weight excluding hydrogens is 378 g/mol. The van der Waals surface area contributed by atoms with Gasteiger partial charge < -0.3 is 31.9 Å². The maximum atomic E-state index is 12.4.